The number of hydrogen-bond donors (Lipinski definition) is 1. The number of sulfonamides is 1. The van der Waals surface area contributed by atoms with Crippen LogP contribution in [0.4, 0.5) is 11.4 Å². The fourth-order valence-electron chi connectivity index (χ4n) is 5.11. The van der Waals surface area contributed by atoms with Crippen molar-refractivity contribution in [3.05, 3.63) is 99.6 Å². The standard InChI is InChI=1S/C30H33ClN4O6S/c1-2-28(30(37)32-23-12-7-8-13-23)33(20-22-11-6-9-18-27(22)31)29(36)21-34(24-14-10-15-25(19-24)35(38)39)42(40,41)26-16-4-3-5-17-26/h3-6,9-11,14-19,23,28H,2,7-8,12-13,20-21H2,1H3,(H,32,37)/t28-/m0/s1. The molecule has 1 saturated carbocycles. The third kappa shape index (κ3) is 7.27. The maximum Gasteiger partial charge on any atom is 0.271 e. The molecular weight excluding hydrogens is 580 g/mol. The third-order valence-electron chi connectivity index (χ3n) is 7.32. The number of nitrogens with one attached hydrogen (secondary N) is 1. The SMILES string of the molecule is CC[C@@H](C(=O)NC1CCCC1)N(Cc1ccccc1Cl)C(=O)CN(c1cccc([N+](=O)[O-])c1)S(=O)(=O)c1ccccc1. The molecule has 0 bridgehead atoms. The van der Waals surface area contributed by atoms with Crippen LogP contribution in [0.1, 0.15) is 44.6 Å². The first-order valence-corrected chi connectivity index (χ1v) is 15.6. The van der Waals surface area contributed by atoms with Crippen molar-refractivity contribution in [1.82, 2.24) is 10.2 Å². The molecule has 0 radical (unpaired) electrons. The molecule has 1 atom stereocenters. The lowest BCUT2D eigenvalue weighted by Crippen LogP contribution is -2.53. The number of amides is 2. The summed E-state index contributed by atoms with van der Waals surface area (Å²) in [4.78, 5) is 39.8. The number of hydrogen-bond acceptors (Lipinski definition) is 6. The van der Waals surface area contributed by atoms with Crippen molar-refractivity contribution in [2.45, 2.75) is 62.6 Å². The largest absolute Gasteiger partial charge is 0.352 e. The van der Waals surface area contributed by atoms with Gasteiger partial charge in [-0.15, -0.1) is 0 Å². The van der Waals surface area contributed by atoms with E-state index in [9.17, 15) is 28.1 Å². The number of benzene rings is 3. The molecule has 42 heavy (non-hydrogen) atoms. The number of carbonyl (C=O) groups excluding carboxylic acids is 2. The third-order valence-corrected chi connectivity index (χ3v) is 9.48. The summed E-state index contributed by atoms with van der Waals surface area (Å²) >= 11 is 6.43. The van der Waals surface area contributed by atoms with Crippen LogP contribution in [0, 0.1) is 10.1 Å². The van der Waals surface area contributed by atoms with Gasteiger partial charge in [0.25, 0.3) is 15.7 Å². The Hall–Kier alpha value is -3.96. The van der Waals surface area contributed by atoms with Gasteiger partial charge in [-0.2, -0.15) is 0 Å². The fraction of sp³-hybridized carbons (Fsp3) is 0.333. The molecule has 4 rings (SSSR count). The van der Waals surface area contributed by atoms with Gasteiger partial charge < -0.3 is 10.2 Å². The number of nitrogens with zero attached hydrogens (tertiary/aromatic N) is 3. The van der Waals surface area contributed by atoms with Gasteiger partial charge in [-0.25, -0.2) is 8.42 Å². The highest BCUT2D eigenvalue weighted by atomic mass is 35.5. The Morgan fingerprint density at radius 1 is 1.02 bits per heavy atom. The zero-order valence-electron chi connectivity index (χ0n) is 23.2. The van der Waals surface area contributed by atoms with Gasteiger partial charge in [-0.05, 0) is 49.1 Å². The van der Waals surface area contributed by atoms with E-state index < -0.39 is 33.4 Å². The van der Waals surface area contributed by atoms with Gasteiger partial charge in [0, 0.05) is 29.7 Å². The molecule has 1 aliphatic carbocycles. The molecule has 3 aromatic carbocycles. The molecule has 0 unspecified atom stereocenters. The Balaban J connectivity index is 1.75. The van der Waals surface area contributed by atoms with Crippen LogP contribution in [0.25, 0.3) is 0 Å². The minimum Gasteiger partial charge on any atom is -0.352 e. The summed E-state index contributed by atoms with van der Waals surface area (Å²) in [6, 6.07) is 18.7. The molecule has 0 heterocycles. The van der Waals surface area contributed by atoms with Gasteiger partial charge in [-0.1, -0.05) is 73.8 Å². The van der Waals surface area contributed by atoms with Crippen LogP contribution in [-0.2, 0) is 26.2 Å². The van der Waals surface area contributed by atoms with E-state index in [1.807, 2.05) is 0 Å². The summed E-state index contributed by atoms with van der Waals surface area (Å²) in [7, 11) is -4.34. The molecule has 222 valence electrons. The number of non-ortho nitro benzene ring substituents is 1. The van der Waals surface area contributed by atoms with E-state index in [0.717, 1.165) is 36.1 Å². The summed E-state index contributed by atoms with van der Waals surface area (Å²) in [6.45, 7) is 1.05. The van der Waals surface area contributed by atoms with E-state index >= 15 is 0 Å². The Morgan fingerprint density at radius 2 is 1.69 bits per heavy atom. The van der Waals surface area contributed by atoms with E-state index in [1.165, 1.54) is 35.2 Å². The van der Waals surface area contributed by atoms with Crippen molar-refractivity contribution < 1.29 is 22.9 Å². The van der Waals surface area contributed by atoms with Gasteiger partial charge in [0.15, 0.2) is 0 Å². The van der Waals surface area contributed by atoms with E-state index in [2.05, 4.69) is 5.32 Å². The number of carbonyl (C=O) groups is 2. The number of nitro groups is 1. The summed E-state index contributed by atoms with van der Waals surface area (Å²) in [6.07, 6.45) is 4.02. The number of halogens is 1. The lowest BCUT2D eigenvalue weighted by Gasteiger charge is -2.34. The average molecular weight is 613 g/mol. The lowest BCUT2D eigenvalue weighted by molar-refractivity contribution is -0.384. The van der Waals surface area contributed by atoms with Crippen molar-refractivity contribution in [2.75, 3.05) is 10.8 Å². The second-order valence-corrected chi connectivity index (χ2v) is 12.4. The second-order valence-electron chi connectivity index (χ2n) is 10.1. The second kappa shape index (κ2) is 13.8. The minimum atomic E-state index is -4.34. The Labute approximate surface area is 250 Å². The van der Waals surface area contributed by atoms with Crippen molar-refractivity contribution >= 4 is 44.8 Å². The van der Waals surface area contributed by atoms with Gasteiger partial charge in [0.1, 0.15) is 12.6 Å². The van der Waals surface area contributed by atoms with Gasteiger partial charge in [0.05, 0.1) is 15.5 Å². The lowest BCUT2D eigenvalue weighted by atomic mass is 10.1. The first-order chi connectivity index (χ1) is 20.1. The van der Waals surface area contributed by atoms with Crippen molar-refractivity contribution in [2.24, 2.45) is 0 Å². The van der Waals surface area contributed by atoms with E-state index in [1.54, 1.807) is 49.4 Å². The van der Waals surface area contributed by atoms with E-state index in [4.69, 9.17) is 11.6 Å². The zero-order valence-corrected chi connectivity index (χ0v) is 24.8. The molecule has 0 saturated heterocycles. The topological polar surface area (TPSA) is 130 Å². The van der Waals surface area contributed by atoms with Gasteiger partial charge in [-0.3, -0.25) is 24.0 Å². The predicted molar refractivity (Wildman–Crippen MR) is 161 cm³/mol. The highest BCUT2D eigenvalue weighted by molar-refractivity contribution is 7.92. The highest BCUT2D eigenvalue weighted by Crippen LogP contribution is 2.28. The monoisotopic (exact) mass is 612 g/mol. The van der Waals surface area contributed by atoms with Crippen molar-refractivity contribution in [3.63, 3.8) is 0 Å². The quantitative estimate of drug-likeness (QED) is 0.218. The van der Waals surface area contributed by atoms with Gasteiger partial charge >= 0.3 is 0 Å². The van der Waals surface area contributed by atoms with E-state index in [0.29, 0.717) is 10.6 Å². The molecule has 0 aliphatic heterocycles. The number of anilines is 1. The summed E-state index contributed by atoms with van der Waals surface area (Å²) in [5.41, 5.74) is 0.207. The average Bonchev–Trinajstić information content (AvgIpc) is 3.50. The molecule has 2 amide bonds. The first kappa shape index (κ1) is 31.0. The van der Waals surface area contributed by atoms with Crippen LogP contribution in [0.3, 0.4) is 0 Å². The summed E-state index contributed by atoms with van der Waals surface area (Å²) in [5.74, 6) is -0.980. The van der Waals surface area contributed by atoms with Crippen LogP contribution in [0.2, 0.25) is 5.02 Å². The Morgan fingerprint density at radius 3 is 2.33 bits per heavy atom. The van der Waals surface area contributed by atoms with Crippen LogP contribution in [0.5, 0.6) is 0 Å². The summed E-state index contributed by atoms with van der Waals surface area (Å²) in [5, 5.41) is 15.0. The molecule has 3 aromatic rings. The maximum atomic E-state index is 14.1. The molecule has 1 aliphatic rings. The normalized spacial score (nSPS) is 14.2. The molecule has 0 spiro atoms. The fourth-order valence-corrected chi connectivity index (χ4v) is 6.73. The molecular formula is C30H33ClN4O6S. The van der Waals surface area contributed by atoms with Crippen molar-refractivity contribution in [3.8, 4) is 0 Å². The van der Waals surface area contributed by atoms with Crippen LogP contribution in [-0.4, -0.2) is 48.7 Å². The highest BCUT2D eigenvalue weighted by Gasteiger charge is 2.35. The molecule has 12 heteroatoms. The van der Waals surface area contributed by atoms with Crippen LogP contribution in [0.15, 0.2) is 83.8 Å². The first-order valence-electron chi connectivity index (χ1n) is 13.8. The van der Waals surface area contributed by atoms with Gasteiger partial charge in [0.2, 0.25) is 11.8 Å². The number of rotatable bonds is 12. The molecule has 1 fully saturated rings. The van der Waals surface area contributed by atoms with Crippen molar-refractivity contribution in [1.29, 1.82) is 0 Å². The van der Waals surface area contributed by atoms with Crippen LogP contribution < -0.4 is 9.62 Å². The maximum absolute atomic E-state index is 14.1. The molecule has 10 nitrogen and oxygen atoms in total. The van der Waals surface area contributed by atoms with E-state index in [-0.39, 0.29) is 41.2 Å². The molecule has 0 aromatic heterocycles. The smallest absolute Gasteiger partial charge is 0.271 e. The number of nitro benzene ring substituents is 1. The predicted octanol–water partition coefficient (Wildman–Crippen LogP) is 5.31. The molecule has 1 N–H and O–H groups in total. The Kier molecular flexibility index (Phi) is 10.2. The summed E-state index contributed by atoms with van der Waals surface area (Å²) < 4.78 is 28.6. The zero-order chi connectivity index (χ0) is 30.3. The Bertz CT molecular complexity index is 1530. The minimum absolute atomic E-state index is 0.0173. The van der Waals surface area contributed by atoms with Crippen LogP contribution >= 0.6 is 11.6 Å².